The number of benzene rings is 8. The van der Waals surface area contributed by atoms with Crippen LogP contribution in [-0.2, 0) is 0 Å². The molecule has 2 aromatic heterocycles. The fraction of sp³-hybridized carbons (Fsp3) is 0.105. The van der Waals surface area contributed by atoms with Gasteiger partial charge < -0.3 is 9.13 Å². The molecule has 294 valence electrons. The van der Waals surface area contributed by atoms with E-state index < -0.39 is 0 Å². The van der Waals surface area contributed by atoms with E-state index in [2.05, 4.69) is 178 Å². The van der Waals surface area contributed by atoms with Gasteiger partial charge in [-0.2, -0.15) is 15.8 Å². The van der Waals surface area contributed by atoms with Crippen molar-refractivity contribution >= 4 is 43.6 Å². The molecule has 5 heteroatoms. The molecule has 62 heavy (non-hydrogen) atoms. The Morgan fingerprint density at radius 2 is 0.710 bits per heavy atom. The summed E-state index contributed by atoms with van der Waals surface area (Å²) in [6.45, 7) is 12.9. The predicted octanol–water partition coefficient (Wildman–Crippen LogP) is 14.3. The van der Waals surface area contributed by atoms with E-state index in [0.29, 0.717) is 22.3 Å². The number of nitrogens with zero attached hydrogens (tertiary/aromatic N) is 5. The third-order valence-electron chi connectivity index (χ3n) is 12.5. The Balaban J connectivity index is 1.39. The topological polar surface area (TPSA) is 81.2 Å². The third kappa shape index (κ3) is 5.97. The number of nitriles is 3. The van der Waals surface area contributed by atoms with Crippen LogP contribution < -0.4 is 0 Å². The maximum absolute atomic E-state index is 11.0. The zero-order chi connectivity index (χ0) is 43.0. The molecule has 0 N–H and O–H groups in total. The quantitative estimate of drug-likeness (QED) is 0.174. The summed E-state index contributed by atoms with van der Waals surface area (Å²) >= 11 is 0. The Hall–Kier alpha value is -8.17. The van der Waals surface area contributed by atoms with Crippen LogP contribution >= 0.6 is 0 Å². The van der Waals surface area contributed by atoms with Crippen molar-refractivity contribution in [2.45, 2.75) is 41.5 Å². The second kappa shape index (κ2) is 14.5. The number of fused-ring (bicyclic) bond motifs is 6. The van der Waals surface area contributed by atoms with Crippen molar-refractivity contribution in [3.05, 3.63) is 190 Å². The normalized spacial score (nSPS) is 11.3. The van der Waals surface area contributed by atoms with Crippen molar-refractivity contribution in [2.24, 2.45) is 0 Å². The van der Waals surface area contributed by atoms with Crippen molar-refractivity contribution in [1.29, 1.82) is 15.8 Å². The van der Waals surface area contributed by atoms with Crippen LogP contribution in [0.1, 0.15) is 50.1 Å². The predicted molar refractivity (Wildman–Crippen MR) is 254 cm³/mol. The summed E-state index contributed by atoms with van der Waals surface area (Å²) in [5.74, 6) is 0. The van der Waals surface area contributed by atoms with E-state index >= 15 is 0 Å². The van der Waals surface area contributed by atoms with Crippen LogP contribution in [0.15, 0.2) is 140 Å². The van der Waals surface area contributed by atoms with Crippen LogP contribution in [0.5, 0.6) is 0 Å². The summed E-state index contributed by atoms with van der Waals surface area (Å²) in [4.78, 5) is 0. The number of aryl methyl sites for hydroxylation is 6. The van der Waals surface area contributed by atoms with Crippen LogP contribution in [0.3, 0.4) is 0 Å². The molecule has 10 rings (SSSR count). The molecule has 0 saturated carbocycles. The molecule has 0 amide bonds. The Bertz CT molecular complexity index is 3410. The summed E-state index contributed by atoms with van der Waals surface area (Å²) in [7, 11) is 0. The van der Waals surface area contributed by atoms with E-state index in [0.717, 1.165) is 71.7 Å². The minimum atomic E-state index is 0.380. The van der Waals surface area contributed by atoms with E-state index in [9.17, 15) is 15.8 Å². The molecule has 5 nitrogen and oxygen atoms in total. The van der Waals surface area contributed by atoms with Crippen LogP contribution in [0.4, 0.5) is 0 Å². The highest BCUT2D eigenvalue weighted by molar-refractivity contribution is 6.13. The molecule has 10 aromatic rings. The summed E-state index contributed by atoms with van der Waals surface area (Å²) in [5, 5.41) is 36.0. The zero-order valence-corrected chi connectivity index (χ0v) is 35.5. The molecule has 0 unspecified atom stereocenters. The molecular weight excluding hydrogens is 755 g/mol. The zero-order valence-electron chi connectivity index (χ0n) is 35.5. The van der Waals surface area contributed by atoms with Gasteiger partial charge in [-0.25, -0.2) is 0 Å². The van der Waals surface area contributed by atoms with Gasteiger partial charge in [0, 0.05) is 27.1 Å². The average molecular weight is 796 g/mol. The van der Waals surface area contributed by atoms with Gasteiger partial charge in [-0.3, -0.25) is 0 Å². The number of rotatable bonds is 5. The molecule has 0 aliphatic carbocycles. The van der Waals surface area contributed by atoms with Crippen LogP contribution in [0.25, 0.3) is 88.4 Å². The fourth-order valence-corrected chi connectivity index (χ4v) is 10.3. The maximum atomic E-state index is 11.0. The van der Waals surface area contributed by atoms with E-state index in [-0.39, 0.29) is 0 Å². The van der Waals surface area contributed by atoms with Crippen LogP contribution in [0, 0.1) is 75.5 Å². The summed E-state index contributed by atoms with van der Waals surface area (Å²) < 4.78 is 4.55. The largest absolute Gasteiger partial charge is 0.308 e. The first-order valence-corrected chi connectivity index (χ1v) is 20.8. The van der Waals surface area contributed by atoms with E-state index in [1.54, 1.807) is 6.07 Å². The summed E-state index contributed by atoms with van der Waals surface area (Å²) in [6, 6.07) is 55.6. The highest BCUT2D eigenvalue weighted by Gasteiger charge is 2.25. The van der Waals surface area contributed by atoms with Gasteiger partial charge >= 0.3 is 0 Å². The van der Waals surface area contributed by atoms with Gasteiger partial charge in [0.25, 0.3) is 0 Å². The standard InChI is InChI=1S/C57H41N5/c1-33-19-35(3)55(36(4)20-33)42-15-17-47-45-11-7-9-13-49(45)61(51(47)28-42)53-26-41(32-60)27-54(57(53)44-24-39(30-58)23-40(25-44)31-59)62-50-14-10-8-12-46(50)48-18-16-43(29-52(48)62)56-37(5)21-34(2)22-38(56)6/h7-29H,1-6H3. The lowest BCUT2D eigenvalue weighted by molar-refractivity contribution is 1.13. The third-order valence-corrected chi connectivity index (χ3v) is 12.5. The lowest BCUT2D eigenvalue weighted by atomic mass is 9.93. The van der Waals surface area contributed by atoms with E-state index in [1.807, 2.05) is 24.3 Å². The summed E-state index contributed by atoms with van der Waals surface area (Å²) in [6.07, 6.45) is 0. The van der Waals surface area contributed by atoms with Gasteiger partial charge in [0.05, 0.1) is 68.3 Å². The molecule has 0 saturated heterocycles. The Morgan fingerprint density at radius 1 is 0.339 bits per heavy atom. The smallest absolute Gasteiger partial charge is 0.0993 e. The van der Waals surface area contributed by atoms with Crippen molar-refractivity contribution in [2.75, 3.05) is 0 Å². The molecule has 2 heterocycles. The Morgan fingerprint density at radius 3 is 1.11 bits per heavy atom. The van der Waals surface area contributed by atoms with Crippen LogP contribution in [0.2, 0.25) is 0 Å². The molecule has 8 aromatic carbocycles. The highest BCUT2D eigenvalue weighted by atomic mass is 15.0. The van der Waals surface area contributed by atoms with Gasteiger partial charge in [0.15, 0.2) is 0 Å². The molecule has 0 spiro atoms. The number of hydrogen-bond acceptors (Lipinski definition) is 3. The van der Waals surface area contributed by atoms with Gasteiger partial charge in [-0.15, -0.1) is 0 Å². The number of para-hydroxylation sites is 2. The highest BCUT2D eigenvalue weighted by Crippen LogP contribution is 2.45. The lowest BCUT2D eigenvalue weighted by Crippen LogP contribution is -2.05. The molecule has 0 fully saturated rings. The van der Waals surface area contributed by atoms with Gasteiger partial charge in [-0.05, 0) is 146 Å². The molecule has 0 atom stereocenters. The summed E-state index contributed by atoms with van der Waals surface area (Å²) in [5.41, 5.74) is 20.1. The van der Waals surface area contributed by atoms with Gasteiger partial charge in [0.2, 0.25) is 0 Å². The molecule has 0 radical (unpaired) electrons. The molecule has 0 aliphatic heterocycles. The fourth-order valence-electron chi connectivity index (χ4n) is 10.3. The Labute approximate surface area is 361 Å². The van der Waals surface area contributed by atoms with Crippen LogP contribution in [-0.4, -0.2) is 9.13 Å². The lowest BCUT2D eigenvalue weighted by Gasteiger charge is -2.21. The second-order valence-corrected chi connectivity index (χ2v) is 16.7. The average Bonchev–Trinajstić information content (AvgIpc) is 3.77. The van der Waals surface area contributed by atoms with E-state index in [4.69, 9.17) is 0 Å². The van der Waals surface area contributed by atoms with Gasteiger partial charge in [0.1, 0.15) is 0 Å². The second-order valence-electron chi connectivity index (χ2n) is 16.7. The van der Waals surface area contributed by atoms with Crippen molar-refractivity contribution in [1.82, 2.24) is 9.13 Å². The molecule has 0 bridgehead atoms. The van der Waals surface area contributed by atoms with Crippen molar-refractivity contribution < 1.29 is 0 Å². The first-order valence-electron chi connectivity index (χ1n) is 20.8. The minimum Gasteiger partial charge on any atom is -0.308 e. The first-order chi connectivity index (χ1) is 30.1. The Kier molecular flexibility index (Phi) is 8.92. The molecular formula is C57H41N5. The number of aromatic nitrogens is 2. The minimum absolute atomic E-state index is 0.380. The van der Waals surface area contributed by atoms with Crippen molar-refractivity contribution in [3.63, 3.8) is 0 Å². The SMILES string of the molecule is Cc1cc(C)c(-c2ccc3c4ccccc4n(-c4cc(C#N)cc(-n5c6ccccc6c6ccc(-c7c(C)cc(C)cc7C)cc65)c4-c4cc(C#N)cc(C#N)c4)c3c2)c(C)c1. The number of hydrogen-bond donors (Lipinski definition) is 0. The first kappa shape index (κ1) is 38.1. The molecule has 0 aliphatic rings. The van der Waals surface area contributed by atoms with Crippen molar-refractivity contribution in [3.8, 4) is 63.0 Å². The monoisotopic (exact) mass is 795 g/mol. The van der Waals surface area contributed by atoms with E-state index in [1.165, 1.54) is 44.5 Å². The maximum Gasteiger partial charge on any atom is 0.0993 e. The van der Waals surface area contributed by atoms with Gasteiger partial charge in [-0.1, -0.05) is 96.1 Å².